The fraction of sp³-hybridized carbons (Fsp3) is 0.273. The zero-order chi connectivity index (χ0) is 17.1. The molecule has 0 spiro atoms. The lowest BCUT2D eigenvalue weighted by molar-refractivity contribution is -0.140. The van der Waals surface area contributed by atoms with Crippen molar-refractivity contribution >= 4 is 17.6 Å². The quantitative estimate of drug-likeness (QED) is 0.409. The Morgan fingerprint density at radius 3 is 2.36 bits per heavy atom. The number of amides is 3. The predicted molar refractivity (Wildman–Crippen MR) is 65.3 cm³/mol. The second-order valence-corrected chi connectivity index (χ2v) is 4.08. The number of hydrogen-bond acceptors (Lipinski definition) is 4. The van der Waals surface area contributed by atoms with Gasteiger partial charge in [0.1, 0.15) is 17.6 Å². The molecule has 1 rings (SSSR count). The first-order valence-electron chi connectivity index (χ1n) is 5.63. The number of hydrogen-bond donors (Lipinski definition) is 5. The molecule has 0 radical (unpaired) electrons. The lowest BCUT2D eigenvalue weighted by Gasteiger charge is -2.16. The lowest BCUT2D eigenvalue weighted by atomic mass is 10.1. The normalized spacial score (nSPS) is 12.6. The minimum absolute atomic E-state index is 0.175. The van der Waals surface area contributed by atoms with Crippen LogP contribution in [0.2, 0.25) is 0 Å². The highest BCUT2D eigenvalue weighted by Gasteiger charge is 2.35. The number of alkyl halides is 3. The summed E-state index contributed by atoms with van der Waals surface area (Å²) in [5, 5.41) is 21.9. The van der Waals surface area contributed by atoms with Crippen molar-refractivity contribution in [2.45, 2.75) is 12.2 Å². The summed E-state index contributed by atoms with van der Waals surface area (Å²) in [6.45, 7) is -0.900. The molecule has 3 amide bonds. The molecule has 7 nitrogen and oxygen atoms in total. The molecular weight excluding hydrogens is 314 g/mol. The number of nitrogens with two attached hydrogens (primary N) is 1. The Hall–Kier alpha value is -2.56. The van der Waals surface area contributed by atoms with Crippen LogP contribution in [0.25, 0.3) is 0 Å². The molecule has 11 heteroatoms. The van der Waals surface area contributed by atoms with Crippen molar-refractivity contribution in [1.82, 2.24) is 5.32 Å². The maximum absolute atomic E-state index is 13.2. The molecule has 0 saturated heterocycles. The summed E-state index contributed by atoms with van der Waals surface area (Å²) in [6.07, 6.45) is -5.04. The third-order valence-corrected chi connectivity index (χ3v) is 2.46. The van der Waals surface area contributed by atoms with Crippen LogP contribution < -0.4 is 16.4 Å². The van der Waals surface area contributed by atoms with Crippen molar-refractivity contribution in [3.63, 3.8) is 0 Å². The Morgan fingerprint density at radius 1 is 1.32 bits per heavy atom. The summed E-state index contributed by atoms with van der Waals surface area (Å²) in [7, 11) is 0. The number of phenols is 1. The van der Waals surface area contributed by atoms with Crippen molar-refractivity contribution in [2.75, 3.05) is 11.9 Å². The molecule has 6 N–H and O–H groups in total. The molecule has 0 fully saturated rings. The van der Waals surface area contributed by atoms with E-state index in [2.05, 4.69) is 0 Å². The van der Waals surface area contributed by atoms with E-state index in [1.165, 1.54) is 0 Å². The van der Waals surface area contributed by atoms with Crippen LogP contribution in [0.3, 0.4) is 0 Å². The van der Waals surface area contributed by atoms with Crippen molar-refractivity contribution in [2.24, 2.45) is 5.73 Å². The van der Waals surface area contributed by atoms with Crippen LogP contribution in [-0.4, -0.2) is 34.8 Å². The number of benzene rings is 1. The van der Waals surface area contributed by atoms with Gasteiger partial charge in [-0.3, -0.25) is 4.79 Å². The summed E-state index contributed by atoms with van der Waals surface area (Å²) in [5.74, 6) is -3.84. The maximum atomic E-state index is 13.2. The Morgan fingerprint density at radius 2 is 1.91 bits per heavy atom. The van der Waals surface area contributed by atoms with E-state index in [1.807, 2.05) is 10.6 Å². The highest BCUT2D eigenvalue weighted by Crippen LogP contribution is 2.36. The minimum Gasteiger partial charge on any atom is -0.506 e. The average Bonchev–Trinajstić information content (AvgIpc) is 2.37. The van der Waals surface area contributed by atoms with Gasteiger partial charge in [0, 0.05) is 6.07 Å². The summed E-state index contributed by atoms with van der Waals surface area (Å²) in [5.41, 5.74) is 2.29. The van der Waals surface area contributed by atoms with E-state index in [4.69, 9.17) is 10.8 Å². The van der Waals surface area contributed by atoms with E-state index < -0.39 is 53.6 Å². The number of carbonyl (C=O) groups is 2. The van der Waals surface area contributed by atoms with E-state index in [0.717, 1.165) is 0 Å². The second-order valence-electron chi connectivity index (χ2n) is 4.08. The molecule has 0 aliphatic heterocycles. The fourth-order valence-corrected chi connectivity index (χ4v) is 1.47. The highest BCUT2D eigenvalue weighted by atomic mass is 19.4. The van der Waals surface area contributed by atoms with Gasteiger partial charge in [0.2, 0.25) is 5.91 Å². The van der Waals surface area contributed by atoms with Gasteiger partial charge < -0.3 is 26.6 Å². The standard InChI is InChI=1S/C11H11F4N3O4/c12-5-2-8(20)6(1-4(5)11(13,14)15)17-9(21)7(3-19)18-10(16)22/h1-2,7,19-20H,3H2,(H,17,21)(H3,16,18,22). The van der Waals surface area contributed by atoms with Crippen molar-refractivity contribution in [1.29, 1.82) is 0 Å². The molecule has 1 unspecified atom stereocenters. The number of phenolic OH excluding ortho intramolecular Hbond substituents is 1. The maximum Gasteiger partial charge on any atom is 0.419 e. The van der Waals surface area contributed by atoms with Crippen molar-refractivity contribution in [3.05, 3.63) is 23.5 Å². The Kier molecular flexibility index (Phi) is 5.14. The first-order chi connectivity index (χ1) is 10.1. The van der Waals surface area contributed by atoms with Gasteiger partial charge in [0.15, 0.2) is 0 Å². The van der Waals surface area contributed by atoms with Crippen LogP contribution in [0, 0.1) is 5.82 Å². The van der Waals surface area contributed by atoms with Gasteiger partial charge in [-0.25, -0.2) is 9.18 Å². The van der Waals surface area contributed by atoms with Crippen molar-refractivity contribution in [3.8, 4) is 5.75 Å². The third kappa shape index (κ3) is 4.22. The first-order valence-corrected chi connectivity index (χ1v) is 5.63. The van der Waals surface area contributed by atoms with Gasteiger partial charge in [-0.05, 0) is 6.07 Å². The van der Waals surface area contributed by atoms with E-state index in [0.29, 0.717) is 0 Å². The average molecular weight is 325 g/mol. The lowest BCUT2D eigenvalue weighted by Crippen LogP contribution is -2.48. The van der Waals surface area contributed by atoms with E-state index in [-0.39, 0.29) is 12.1 Å². The first kappa shape index (κ1) is 17.5. The van der Waals surface area contributed by atoms with E-state index in [9.17, 15) is 32.3 Å². The summed E-state index contributed by atoms with van der Waals surface area (Å²) >= 11 is 0. The number of primary amides is 1. The second kappa shape index (κ2) is 6.47. The molecule has 22 heavy (non-hydrogen) atoms. The molecule has 1 aromatic rings. The van der Waals surface area contributed by atoms with E-state index >= 15 is 0 Å². The van der Waals surface area contributed by atoms with Gasteiger partial charge in [-0.2, -0.15) is 13.2 Å². The number of halogens is 4. The van der Waals surface area contributed by atoms with Crippen LogP contribution in [-0.2, 0) is 11.0 Å². The number of nitrogens with one attached hydrogen (secondary N) is 2. The Balaban J connectivity index is 3.07. The topological polar surface area (TPSA) is 125 Å². The Labute approximate surface area is 120 Å². The predicted octanol–water partition coefficient (Wildman–Crippen LogP) is 0.518. The van der Waals surface area contributed by atoms with Crippen LogP contribution in [0.5, 0.6) is 5.75 Å². The molecule has 0 bridgehead atoms. The van der Waals surface area contributed by atoms with Gasteiger partial charge in [-0.1, -0.05) is 0 Å². The number of aliphatic hydroxyl groups is 1. The molecule has 0 aromatic heterocycles. The van der Waals surface area contributed by atoms with Gasteiger partial charge in [0.25, 0.3) is 0 Å². The zero-order valence-electron chi connectivity index (χ0n) is 10.7. The molecule has 0 aliphatic rings. The van der Waals surface area contributed by atoms with Gasteiger partial charge in [0.05, 0.1) is 17.9 Å². The number of carbonyl (C=O) groups excluding carboxylic acids is 2. The molecule has 122 valence electrons. The molecule has 1 aromatic carbocycles. The van der Waals surface area contributed by atoms with Crippen LogP contribution in [0.1, 0.15) is 5.56 Å². The number of aliphatic hydroxyl groups excluding tert-OH is 1. The number of aromatic hydroxyl groups is 1. The molecule has 0 saturated carbocycles. The van der Waals surface area contributed by atoms with Crippen LogP contribution >= 0.6 is 0 Å². The highest BCUT2D eigenvalue weighted by molar-refractivity contribution is 5.98. The minimum atomic E-state index is -5.04. The Bertz CT molecular complexity index is 591. The molecule has 0 aliphatic carbocycles. The number of anilines is 1. The van der Waals surface area contributed by atoms with E-state index in [1.54, 1.807) is 0 Å². The molecule has 1 atom stereocenters. The molecule has 0 heterocycles. The summed E-state index contributed by atoms with van der Waals surface area (Å²) in [6, 6.07) is -2.36. The molecular formula is C11H11F4N3O4. The smallest absolute Gasteiger partial charge is 0.419 e. The summed E-state index contributed by atoms with van der Waals surface area (Å²) in [4.78, 5) is 22.2. The number of urea groups is 1. The van der Waals surface area contributed by atoms with Crippen molar-refractivity contribution < 1.29 is 37.4 Å². The monoisotopic (exact) mass is 325 g/mol. The zero-order valence-corrected chi connectivity index (χ0v) is 10.7. The van der Waals surface area contributed by atoms with Crippen LogP contribution in [0.4, 0.5) is 28.0 Å². The van der Waals surface area contributed by atoms with Gasteiger partial charge >= 0.3 is 12.2 Å². The largest absolute Gasteiger partial charge is 0.506 e. The summed E-state index contributed by atoms with van der Waals surface area (Å²) < 4.78 is 50.8. The fourth-order valence-electron chi connectivity index (χ4n) is 1.47. The number of rotatable bonds is 4. The van der Waals surface area contributed by atoms with Gasteiger partial charge in [-0.15, -0.1) is 0 Å². The van der Waals surface area contributed by atoms with Crippen LogP contribution in [0.15, 0.2) is 12.1 Å². The SMILES string of the molecule is NC(=O)NC(CO)C(=O)Nc1cc(C(F)(F)F)c(F)cc1O. The third-order valence-electron chi connectivity index (χ3n) is 2.46.